The standard InChI is InChI=1S/C25H27N3O4S/c1-17-6-10-21(11-7-17)33(30,31)23-25(32-22(26-23)20-5-3-4-18(2)16-20)28-14-12-27(13-15-28)24(29)19-8-9-19/h3-7,10-11,16,19H,8-9,12-15H2,1-2H3. The van der Waals surface area contributed by atoms with E-state index in [9.17, 15) is 13.2 Å². The highest BCUT2D eigenvalue weighted by Crippen LogP contribution is 2.36. The molecule has 8 heteroatoms. The molecule has 1 saturated heterocycles. The Morgan fingerprint density at radius 3 is 2.30 bits per heavy atom. The molecule has 0 N–H and O–H groups in total. The minimum Gasteiger partial charge on any atom is -0.419 e. The third kappa shape index (κ3) is 4.27. The summed E-state index contributed by atoms with van der Waals surface area (Å²) in [6.07, 6.45) is 1.94. The zero-order valence-electron chi connectivity index (χ0n) is 18.8. The van der Waals surface area contributed by atoms with Crippen molar-refractivity contribution in [2.75, 3.05) is 31.1 Å². The molecule has 1 amide bonds. The number of aromatic nitrogens is 1. The fourth-order valence-electron chi connectivity index (χ4n) is 4.12. The van der Waals surface area contributed by atoms with Crippen LogP contribution >= 0.6 is 0 Å². The number of hydrogen-bond donors (Lipinski definition) is 0. The Morgan fingerprint density at radius 2 is 1.67 bits per heavy atom. The number of aryl methyl sites for hydroxylation is 2. The Labute approximate surface area is 194 Å². The molecule has 0 bridgehead atoms. The lowest BCUT2D eigenvalue weighted by atomic mass is 10.1. The number of oxazole rings is 1. The molecule has 1 aliphatic heterocycles. The van der Waals surface area contributed by atoms with Crippen molar-refractivity contribution < 1.29 is 17.6 Å². The number of nitrogens with zero attached hydrogens (tertiary/aromatic N) is 3. The summed E-state index contributed by atoms with van der Waals surface area (Å²) in [6.45, 7) is 5.96. The van der Waals surface area contributed by atoms with Gasteiger partial charge >= 0.3 is 0 Å². The van der Waals surface area contributed by atoms with Gasteiger partial charge in [0.05, 0.1) is 4.90 Å². The Morgan fingerprint density at radius 1 is 0.970 bits per heavy atom. The molecular formula is C25H27N3O4S. The summed E-state index contributed by atoms with van der Waals surface area (Å²) in [5.74, 6) is 0.897. The lowest BCUT2D eigenvalue weighted by Gasteiger charge is -2.34. The van der Waals surface area contributed by atoms with Crippen LogP contribution in [0.15, 0.2) is 62.9 Å². The molecule has 2 heterocycles. The fraction of sp³-hybridized carbons (Fsp3) is 0.360. The first-order valence-electron chi connectivity index (χ1n) is 11.3. The minimum atomic E-state index is -3.89. The number of piperazine rings is 1. The molecule has 2 fully saturated rings. The van der Waals surface area contributed by atoms with E-state index in [1.807, 2.05) is 47.9 Å². The summed E-state index contributed by atoms with van der Waals surface area (Å²) in [4.78, 5) is 20.9. The second-order valence-electron chi connectivity index (χ2n) is 8.90. The van der Waals surface area contributed by atoms with Gasteiger partial charge in [-0.25, -0.2) is 8.42 Å². The van der Waals surface area contributed by atoms with Crippen molar-refractivity contribution in [3.63, 3.8) is 0 Å². The number of hydrogen-bond acceptors (Lipinski definition) is 6. The third-order valence-corrected chi connectivity index (χ3v) is 7.90. The van der Waals surface area contributed by atoms with E-state index in [1.165, 1.54) is 0 Å². The molecular weight excluding hydrogens is 438 g/mol. The molecule has 33 heavy (non-hydrogen) atoms. The van der Waals surface area contributed by atoms with Crippen LogP contribution in [0.4, 0.5) is 5.88 Å². The largest absolute Gasteiger partial charge is 0.419 e. The third-order valence-electron chi connectivity index (χ3n) is 6.24. The zero-order chi connectivity index (χ0) is 23.2. The molecule has 172 valence electrons. The molecule has 0 unspecified atom stereocenters. The van der Waals surface area contributed by atoms with E-state index in [1.54, 1.807) is 24.3 Å². The van der Waals surface area contributed by atoms with Crippen LogP contribution in [0, 0.1) is 19.8 Å². The molecule has 3 aromatic rings. The van der Waals surface area contributed by atoms with Gasteiger partial charge in [-0.2, -0.15) is 4.98 Å². The summed E-state index contributed by atoms with van der Waals surface area (Å²) < 4.78 is 33.3. The number of carbonyl (C=O) groups excluding carboxylic acids is 1. The SMILES string of the molecule is Cc1ccc(S(=O)(=O)c2nc(-c3cccc(C)c3)oc2N2CCN(C(=O)C3CC3)CC2)cc1. The maximum atomic E-state index is 13.6. The number of amides is 1. The van der Waals surface area contributed by atoms with Crippen molar-refractivity contribution in [3.05, 3.63) is 59.7 Å². The van der Waals surface area contributed by atoms with Crippen molar-refractivity contribution in [2.24, 2.45) is 5.92 Å². The van der Waals surface area contributed by atoms with Gasteiger partial charge in [-0.15, -0.1) is 0 Å². The van der Waals surface area contributed by atoms with E-state index in [-0.39, 0.29) is 33.5 Å². The molecule has 0 atom stereocenters. The van der Waals surface area contributed by atoms with E-state index >= 15 is 0 Å². The van der Waals surface area contributed by atoms with Crippen LogP contribution in [0.3, 0.4) is 0 Å². The van der Waals surface area contributed by atoms with E-state index in [2.05, 4.69) is 4.98 Å². The number of anilines is 1. The monoisotopic (exact) mass is 465 g/mol. The fourth-order valence-corrected chi connectivity index (χ4v) is 5.44. The summed E-state index contributed by atoms with van der Waals surface area (Å²) >= 11 is 0. The highest BCUT2D eigenvalue weighted by Gasteiger charge is 2.37. The van der Waals surface area contributed by atoms with Crippen LogP contribution in [0.5, 0.6) is 0 Å². The van der Waals surface area contributed by atoms with E-state index in [0.717, 1.165) is 29.5 Å². The molecule has 2 aliphatic rings. The molecule has 5 rings (SSSR count). The van der Waals surface area contributed by atoms with Gasteiger partial charge in [0.1, 0.15) is 0 Å². The highest BCUT2D eigenvalue weighted by molar-refractivity contribution is 7.91. The molecule has 1 aromatic heterocycles. The molecule has 1 aliphatic carbocycles. The number of carbonyl (C=O) groups is 1. The smallest absolute Gasteiger partial charge is 0.236 e. The van der Waals surface area contributed by atoms with Crippen molar-refractivity contribution in [3.8, 4) is 11.5 Å². The van der Waals surface area contributed by atoms with Crippen LogP contribution in [0.25, 0.3) is 11.5 Å². The van der Waals surface area contributed by atoms with Crippen LogP contribution in [-0.4, -0.2) is 50.4 Å². The Kier molecular flexibility index (Phi) is 5.48. The quantitative estimate of drug-likeness (QED) is 0.569. The van der Waals surface area contributed by atoms with Gasteiger partial charge in [0.25, 0.3) is 0 Å². The van der Waals surface area contributed by atoms with Crippen LogP contribution < -0.4 is 4.90 Å². The lowest BCUT2D eigenvalue weighted by Crippen LogP contribution is -2.49. The lowest BCUT2D eigenvalue weighted by molar-refractivity contribution is -0.132. The zero-order valence-corrected chi connectivity index (χ0v) is 19.6. The van der Waals surface area contributed by atoms with Crippen molar-refractivity contribution >= 4 is 21.6 Å². The normalized spacial score (nSPS) is 16.8. The Balaban J connectivity index is 1.52. The van der Waals surface area contributed by atoms with Crippen molar-refractivity contribution in [2.45, 2.75) is 36.6 Å². The molecule has 0 radical (unpaired) electrons. The Bertz CT molecular complexity index is 1290. The molecule has 0 spiro atoms. The number of sulfone groups is 1. The van der Waals surface area contributed by atoms with E-state index < -0.39 is 9.84 Å². The maximum Gasteiger partial charge on any atom is 0.236 e. The average molecular weight is 466 g/mol. The van der Waals surface area contributed by atoms with Gasteiger partial charge in [-0.3, -0.25) is 4.79 Å². The average Bonchev–Trinajstić information content (AvgIpc) is 3.56. The van der Waals surface area contributed by atoms with Gasteiger partial charge in [0.15, 0.2) is 0 Å². The minimum absolute atomic E-state index is 0.0789. The first-order chi connectivity index (χ1) is 15.8. The van der Waals surface area contributed by atoms with E-state index in [4.69, 9.17) is 4.42 Å². The van der Waals surface area contributed by atoms with Gasteiger partial charge in [-0.1, -0.05) is 35.4 Å². The topological polar surface area (TPSA) is 83.7 Å². The van der Waals surface area contributed by atoms with Crippen molar-refractivity contribution in [1.82, 2.24) is 9.88 Å². The van der Waals surface area contributed by atoms with Gasteiger partial charge in [0.2, 0.25) is 32.5 Å². The van der Waals surface area contributed by atoms with Gasteiger partial charge < -0.3 is 14.2 Å². The van der Waals surface area contributed by atoms with Gasteiger partial charge in [-0.05, 0) is 51.0 Å². The summed E-state index contributed by atoms with van der Waals surface area (Å²) in [5, 5.41) is -0.0789. The maximum absolute atomic E-state index is 13.6. The first kappa shape index (κ1) is 21.7. The van der Waals surface area contributed by atoms with Crippen LogP contribution in [0.1, 0.15) is 24.0 Å². The molecule has 7 nitrogen and oxygen atoms in total. The molecule has 2 aromatic carbocycles. The molecule has 1 saturated carbocycles. The number of rotatable bonds is 5. The van der Waals surface area contributed by atoms with Crippen LogP contribution in [0.2, 0.25) is 0 Å². The van der Waals surface area contributed by atoms with E-state index in [0.29, 0.717) is 26.2 Å². The second-order valence-corrected chi connectivity index (χ2v) is 10.8. The predicted molar refractivity (Wildman–Crippen MR) is 125 cm³/mol. The predicted octanol–water partition coefficient (Wildman–Crippen LogP) is 3.85. The van der Waals surface area contributed by atoms with Crippen molar-refractivity contribution in [1.29, 1.82) is 0 Å². The summed E-state index contributed by atoms with van der Waals surface area (Å²) in [6, 6.07) is 14.4. The second kappa shape index (κ2) is 8.33. The van der Waals surface area contributed by atoms with Gasteiger partial charge in [0, 0.05) is 37.7 Å². The van der Waals surface area contributed by atoms with Crippen LogP contribution in [-0.2, 0) is 14.6 Å². The Hall–Kier alpha value is -3.13. The summed E-state index contributed by atoms with van der Waals surface area (Å²) in [5.41, 5.74) is 2.73. The number of benzene rings is 2. The highest BCUT2D eigenvalue weighted by atomic mass is 32.2. The first-order valence-corrected chi connectivity index (χ1v) is 12.7. The summed E-state index contributed by atoms with van der Waals surface area (Å²) in [7, 11) is -3.89.